The maximum atomic E-state index is 11.1. The fourth-order valence-corrected chi connectivity index (χ4v) is 2.00. The van der Waals surface area contributed by atoms with E-state index < -0.39 is 6.16 Å². The van der Waals surface area contributed by atoms with E-state index in [1.54, 1.807) is 0 Å². The average Bonchev–Trinajstić information content (AvgIpc) is 2.17. The lowest BCUT2D eigenvalue weighted by Crippen LogP contribution is -2.26. The Hall–Kier alpha value is -0.770. The van der Waals surface area contributed by atoms with Gasteiger partial charge in [0.25, 0.3) is 0 Å². The highest BCUT2D eigenvalue weighted by atomic mass is 35.5. The second-order valence-corrected chi connectivity index (χ2v) is 4.13. The van der Waals surface area contributed by atoms with Gasteiger partial charge in [-0.3, -0.25) is 5.41 Å². The number of nitrogens with one attached hydrogen (secondary N) is 1. The lowest BCUT2D eigenvalue weighted by atomic mass is 9.86. The van der Waals surface area contributed by atoms with Crippen LogP contribution in [0.2, 0.25) is 0 Å². The molecule has 0 aliphatic heterocycles. The Morgan fingerprint density at radius 2 is 1.88 bits per heavy atom. The van der Waals surface area contributed by atoms with Gasteiger partial charge in [0, 0.05) is 6.92 Å². The lowest BCUT2D eigenvalue weighted by Gasteiger charge is -2.26. The van der Waals surface area contributed by atoms with Crippen LogP contribution in [0.25, 0.3) is 0 Å². The Morgan fingerprint density at radius 3 is 2.38 bits per heavy atom. The topological polar surface area (TPSA) is 59.4 Å². The summed E-state index contributed by atoms with van der Waals surface area (Å²) in [7, 11) is 0. The van der Waals surface area contributed by atoms with Crippen LogP contribution in [0.4, 0.5) is 4.79 Å². The van der Waals surface area contributed by atoms with Crippen LogP contribution in [0.5, 0.6) is 0 Å². The molecule has 0 aromatic heterocycles. The van der Waals surface area contributed by atoms with Crippen molar-refractivity contribution >= 4 is 24.5 Å². The molecule has 1 rings (SSSR count). The molecule has 1 fully saturated rings. The molecule has 4 nitrogen and oxygen atoms in total. The van der Waals surface area contributed by atoms with Crippen LogP contribution in [0.15, 0.2) is 0 Å². The van der Waals surface area contributed by atoms with Crippen molar-refractivity contribution in [2.45, 2.75) is 52.1 Å². The van der Waals surface area contributed by atoms with Crippen molar-refractivity contribution < 1.29 is 14.3 Å². The van der Waals surface area contributed by atoms with Crippen LogP contribution in [0, 0.1) is 11.3 Å². The van der Waals surface area contributed by atoms with Gasteiger partial charge < -0.3 is 9.47 Å². The Morgan fingerprint density at radius 1 is 1.31 bits per heavy atom. The number of carbonyl (C=O) groups excluding carboxylic acids is 1. The van der Waals surface area contributed by atoms with Gasteiger partial charge in [-0.1, -0.05) is 19.3 Å². The van der Waals surface area contributed by atoms with E-state index in [9.17, 15) is 4.79 Å². The zero-order valence-corrected chi connectivity index (χ0v) is 10.6. The third-order valence-electron chi connectivity index (χ3n) is 2.83. The molecule has 0 saturated heterocycles. The Labute approximate surface area is 103 Å². The average molecular weight is 250 g/mol. The molecular weight excluding hydrogens is 230 g/mol. The maximum Gasteiger partial charge on any atom is 0.515 e. The molecule has 0 amide bonds. The van der Waals surface area contributed by atoms with Crippen molar-refractivity contribution in [2.24, 2.45) is 5.92 Å². The molecule has 0 spiro atoms. The first-order valence-electron chi connectivity index (χ1n) is 5.53. The largest absolute Gasteiger partial charge is 0.515 e. The highest BCUT2D eigenvalue weighted by Gasteiger charge is 2.23. The summed E-state index contributed by atoms with van der Waals surface area (Å²) < 4.78 is 9.63. The molecule has 16 heavy (non-hydrogen) atoms. The van der Waals surface area contributed by atoms with E-state index in [-0.39, 0.29) is 24.4 Å². The summed E-state index contributed by atoms with van der Waals surface area (Å²) in [6, 6.07) is 0. The fourth-order valence-electron chi connectivity index (χ4n) is 2.00. The van der Waals surface area contributed by atoms with Crippen LogP contribution in [0.1, 0.15) is 46.0 Å². The minimum atomic E-state index is -0.749. The predicted molar refractivity (Wildman–Crippen MR) is 64.3 cm³/mol. The van der Waals surface area contributed by atoms with Crippen molar-refractivity contribution in [3.63, 3.8) is 0 Å². The Kier molecular flexibility index (Phi) is 7.13. The van der Waals surface area contributed by atoms with E-state index in [4.69, 9.17) is 10.1 Å². The summed E-state index contributed by atoms with van der Waals surface area (Å²) in [5.41, 5.74) is 0. The van der Waals surface area contributed by atoms with Gasteiger partial charge >= 0.3 is 6.16 Å². The number of carbonyl (C=O) groups is 1. The molecule has 0 aromatic rings. The minimum absolute atomic E-state index is 0. The van der Waals surface area contributed by atoms with Crippen LogP contribution < -0.4 is 0 Å². The molecule has 5 heteroatoms. The lowest BCUT2D eigenvalue weighted by molar-refractivity contribution is 0.0271. The molecular formula is C11H20ClNO3. The van der Waals surface area contributed by atoms with E-state index in [0.29, 0.717) is 5.92 Å². The first-order valence-corrected chi connectivity index (χ1v) is 5.53. The first kappa shape index (κ1) is 15.2. The summed E-state index contributed by atoms with van der Waals surface area (Å²) in [6.45, 7) is 3.31. The molecule has 1 atom stereocenters. The summed E-state index contributed by atoms with van der Waals surface area (Å²) in [5.74, 6) is 0.327. The van der Waals surface area contributed by atoms with Crippen LogP contribution in [-0.4, -0.2) is 18.2 Å². The Balaban J connectivity index is 0.00000225. The number of halogens is 1. The number of rotatable bonds is 2. The zero-order chi connectivity index (χ0) is 11.3. The number of hydrogen-bond donors (Lipinski definition) is 1. The second kappa shape index (κ2) is 7.49. The minimum Gasteiger partial charge on any atom is -0.431 e. The highest BCUT2D eigenvalue weighted by Crippen LogP contribution is 2.27. The number of ether oxygens (including phenoxy) is 2. The van der Waals surface area contributed by atoms with Crippen LogP contribution >= 0.6 is 12.4 Å². The summed E-state index contributed by atoms with van der Waals surface area (Å²) in [4.78, 5) is 11.1. The maximum absolute atomic E-state index is 11.1. The van der Waals surface area contributed by atoms with E-state index in [0.717, 1.165) is 12.8 Å². The second-order valence-electron chi connectivity index (χ2n) is 4.13. The molecule has 0 aromatic carbocycles. The van der Waals surface area contributed by atoms with Crippen LogP contribution in [-0.2, 0) is 9.47 Å². The molecule has 1 N–H and O–H groups in total. The molecule has 0 bridgehead atoms. The van der Waals surface area contributed by atoms with Crippen molar-refractivity contribution in [1.29, 1.82) is 5.41 Å². The fraction of sp³-hybridized carbons (Fsp3) is 0.818. The molecule has 0 radical (unpaired) electrons. The van der Waals surface area contributed by atoms with E-state index in [2.05, 4.69) is 4.74 Å². The Bertz CT molecular complexity index is 239. The normalized spacial score (nSPS) is 18.1. The van der Waals surface area contributed by atoms with Gasteiger partial charge in [-0.2, -0.15) is 0 Å². The van der Waals surface area contributed by atoms with E-state index in [1.807, 2.05) is 6.92 Å². The van der Waals surface area contributed by atoms with E-state index in [1.165, 1.54) is 26.2 Å². The van der Waals surface area contributed by atoms with Gasteiger partial charge in [0.2, 0.25) is 0 Å². The molecule has 1 aliphatic carbocycles. The zero-order valence-electron chi connectivity index (χ0n) is 9.82. The monoisotopic (exact) mass is 249 g/mol. The van der Waals surface area contributed by atoms with Gasteiger partial charge in [0.1, 0.15) is 6.10 Å². The van der Waals surface area contributed by atoms with E-state index >= 15 is 0 Å². The van der Waals surface area contributed by atoms with Crippen molar-refractivity contribution in [3.8, 4) is 0 Å². The first-order chi connectivity index (χ1) is 7.09. The van der Waals surface area contributed by atoms with Crippen molar-refractivity contribution in [2.75, 3.05) is 0 Å². The van der Waals surface area contributed by atoms with Gasteiger partial charge in [0.05, 0.1) is 0 Å². The van der Waals surface area contributed by atoms with Crippen molar-refractivity contribution in [1.82, 2.24) is 0 Å². The van der Waals surface area contributed by atoms with Gasteiger partial charge in [-0.25, -0.2) is 4.79 Å². The SMILES string of the molecule is CC(=N)OC(=O)OC(C)C1CCCCC1.Cl. The standard InChI is InChI=1S/C11H19NO3.ClH/c1-8(10-6-4-3-5-7-10)14-11(13)15-9(2)12;/h8,10,12H,3-7H2,1-2H3;1H. The smallest absolute Gasteiger partial charge is 0.431 e. The predicted octanol–water partition coefficient (Wildman–Crippen LogP) is 3.53. The molecule has 1 saturated carbocycles. The quantitative estimate of drug-likeness (QED) is 0.463. The van der Waals surface area contributed by atoms with Gasteiger partial charge in [0.15, 0.2) is 5.90 Å². The summed E-state index contributed by atoms with van der Waals surface area (Å²) in [6.07, 6.45) is 5.12. The highest BCUT2D eigenvalue weighted by molar-refractivity contribution is 5.85. The van der Waals surface area contributed by atoms with Gasteiger partial charge in [-0.15, -0.1) is 12.4 Å². The third kappa shape index (κ3) is 5.35. The van der Waals surface area contributed by atoms with Crippen LogP contribution in [0.3, 0.4) is 0 Å². The molecule has 0 heterocycles. The third-order valence-corrected chi connectivity index (χ3v) is 2.83. The molecule has 1 unspecified atom stereocenters. The summed E-state index contributed by atoms with van der Waals surface area (Å²) >= 11 is 0. The molecule has 1 aliphatic rings. The van der Waals surface area contributed by atoms with Gasteiger partial charge in [-0.05, 0) is 25.7 Å². The summed E-state index contributed by atoms with van der Waals surface area (Å²) in [5, 5.41) is 6.99. The molecule has 94 valence electrons. The van der Waals surface area contributed by atoms with Crippen molar-refractivity contribution in [3.05, 3.63) is 0 Å². The number of hydrogen-bond acceptors (Lipinski definition) is 4.